The van der Waals surface area contributed by atoms with Crippen LogP contribution in [-0.2, 0) is 0 Å². The third-order valence-corrected chi connectivity index (χ3v) is 3.46. The van der Waals surface area contributed by atoms with Crippen molar-refractivity contribution in [1.82, 2.24) is 10.1 Å². The van der Waals surface area contributed by atoms with Crippen molar-refractivity contribution in [3.05, 3.63) is 23.8 Å². The van der Waals surface area contributed by atoms with Gasteiger partial charge in [-0.05, 0) is 18.2 Å². The molecule has 0 spiro atoms. The summed E-state index contributed by atoms with van der Waals surface area (Å²) in [6.45, 7) is 1.96. The van der Waals surface area contributed by atoms with Gasteiger partial charge in [-0.1, -0.05) is 5.16 Å². The highest BCUT2D eigenvalue weighted by Gasteiger charge is 2.23. The maximum Gasteiger partial charge on any atom is 0.407 e. The number of piperazine rings is 1. The van der Waals surface area contributed by atoms with Gasteiger partial charge in [0, 0.05) is 31.7 Å². The Morgan fingerprint density at radius 2 is 2.05 bits per heavy atom. The Morgan fingerprint density at radius 1 is 1.30 bits per heavy atom. The summed E-state index contributed by atoms with van der Waals surface area (Å²) in [6, 6.07) is 5.12. The minimum Gasteiger partial charge on any atom is -0.465 e. The van der Waals surface area contributed by atoms with Gasteiger partial charge in [0.2, 0.25) is 0 Å². The molecule has 0 bridgehead atoms. The molecule has 1 aliphatic rings. The molecule has 1 saturated heterocycles. The fourth-order valence-corrected chi connectivity index (χ4v) is 2.35. The predicted molar refractivity (Wildman–Crippen MR) is 71.2 cm³/mol. The molecule has 1 aliphatic heterocycles. The highest BCUT2D eigenvalue weighted by atomic mass is 16.5. The van der Waals surface area contributed by atoms with E-state index in [0.717, 1.165) is 11.7 Å². The van der Waals surface area contributed by atoms with Crippen molar-refractivity contribution in [1.29, 1.82) is 0 Å². The lowest BCUT2D eigenvalue weighted by atomic mass is 10.1. The summed E-state index contributed by atoms with van der Waals surface area (Å²) in [5, 5.41) is 13.7. The Balaban J connectivity index is 1.87. The van der Waals surface area contributed by atoms with Gasteiger partial charge in [-0.2, -0.15) is 0 Å². The van der Waals surface area contributed by atoms with E-state index in [9.17, 15) is 9.59 Å². The number of carboxylic acid groups (broad SMARTS) is 1. The number of carbonyl (C=O) groups is 2. The minimum absolute atomic E-state index is 0.428. The van der Waals surface area contributed by atoms with E-state index in [1.165, 1.54) is 4.90 Å². The van der Waals surface area contributed by atoms with Crippen molar-refractivity contribution in [2.75, 3.05) is 31.1 Å². The number of anilines is 1. The SMILES string of the molecule is O=Cc1ccc2onc(N3CCN(C(=O)O)CC3)c2c1. The Kier molecular flexibility index (Phi) is 3.02. The summed E-state index contributed by atoms with van der Waals surface area (Å²) < 4.78 is 5.24. The number of aldehydes is 1. The molecule has 7 heteroatoms. The molecule has 20 heavy (non-hydrogen) atoms. The number of amides is 1. The average molecular weight is 275 g/mol. The van der Waals surface area contributed by atoms with Crippen LogP contribution in [0.1, 0.15) is 10.4 Å². The van der Waals surface area contributed by atoms with E-state index in [1.54, 1.807) is 18.2 Å². The van der Waals surface area contributed by atoms with E-state index >= 15 is 0 Å². The number of hydrogen-bond acceptors (Lipinski definition) is 5. The van der Waals surface area contributed by atoms with Gasteiger partial charge in [0.05, 0.1) is 5.39 Å². The number of benzene rings is 1. The van der Waals surface area contributed by atoms with E-state index < -0.39 is 6.09 Å². The van der Waals surface area contributed by atoms with E-state index in [-0.39, 0.29) is 0 Å². The zero-order valence-corrected chi connectivity index (χ0v) is 10.7. The monoisotopic (exact) mass is 275 g/mol. The summed E-state index contributed by atoms with van der Waals surface area (Å²) in [5.41, 5.74) is 1.18. The van der Waals surface area contributed by atoms with Gasteiger partial charge in [0.1, 0.15) is 6.29 Å². The van der Waals surface area contributed by atoms with Crippen LogP contribution >= 0.6 is 0 Å². The van der Waals surface area contributed by atoms with Crippen LogP contribution in [0.5, 0.6) is 0 Å². The predicted octanol–water partition coefficient (Wildman–Crippen LogP) is 1.44. The van der Waals surface area contributed by atoms with Crippen molar-refractivity contribution in [3.8, 4) is 0 Å². The van der Waals surface area contributed by atoms with Gasteiger partial charge in [-0.3, -0.25) is 4.79 Å². The molecule has 2 aromatic rings. The molecule has 0 radical (unpaired) electrons. The lowest BCUT2D eigenvalue weighted by Gasteiger charge is -2.33. The first-order valence-electron chi connectivity index (χ1n) is 6.26. The van der Waals surface area contributed by atoms with Crippen LogP contribution in [0.25, 0.3) is 11.0 Å². The molecule has 3 rings (SSSR count). The van der Waals surface area contributed by atoms with Gasteiger partial charge in [-0.25, -0.2) is 4.79 Å². The van der Waals surface area contributed by atoms with Crippen molar-refractivity contribution in [2.45, 2.75) is 0 Å². The molecule has 1 fully saturated rings. The van der Waals surface area contributed by atoms with Crippen LogP contribution in [0.4, 0.5) is 10.6 Å². The van der Waals surface area contributed by atoms with Crippen molar-refractivity contribution < 1.29 is 19.2 Å². The van der Waals surface area contributed by atoms with Crippen molar-refractivity contribution >= 4 is 29.2 Å². The molecule has 104 valence electrons. The summed E-state index contributed by atoms with van der Waals surface area (Å²) in [4.78, 5) is 25.1. The third kappa shape index (κ3) is 2.07. The average Bonchev–Trinajstić information content (AvgIpc) is 2.90. The maximum absolute atomic E-state index is 10.9. The number of aromatic nitrogens is 1. The Hall–Kier alpha value is -2.57. The molecule has 1 aromatic heterocycles. The fourth-order valence-electron chi connectivity index (χ4n) is 2.35. The minimum atomic E-state index is -0.905. The quantitative estimate of drug-likeness (QED) is 0.834. The van der Waals surface area contributed by atoms with Crippen LogP contribution in [0.3, 0.4) is 0 Å². The summed E-state index contributed by atoms with van der Waals surface area (Å²) in [5.74, 6) is 0.661. The lowest BCUT2D eigenvalue weighted by Crippen LogP contribution is -2.48. The summed E-state index contributed by atoms with van der Waals surface area (Å²) in [7, 11) is 0. The Bertz CT molecular complexity index is 659. The lowest BCUT2D eigenvalue weighted by molar-refractivity contribution is 0.112. The van der Waals surface area contributed by atoms with Crippen LogP contribution in [0.15, 0.2) is 22.7 Å². The number of hydrogen-bond donors (Lipinski definition) is 1. The second-order valence-electron chi connectivity index (χ2n) is 4.64. The zero-order valence-electron chi connectivity index (χ0n) is 10.7. The highest BCUT2D eigenvalue weighted by Crippen LogP contribution is 2.27. The molecular formula is C13H13N3O4. The molecule has 1 amide bonds. The topological polar surface area (TPSA) is 86.9 Å². The van der Waals surface area contributed by atoms with E-state index in [0.29, 0.717) is 43.1 Å². The summed E-state index contributed by atoms with van der Waals surface area (Å²) >= 11 is 0. The van der Waals surface area contributed by atoms with Crippen LogP contribution < -0.4 is 4.90 Å². The smallest absolute Gasteiger partial charge is 0.407 e. The van der Waals surface area contributed by atoms with Gasteiger partial charge < -0.3 is 19.4 Å². The molecule has 0 aliphatic carbocycles. The largest absolute Gasteiger partial charge is 0.465 e. The maximum atomic E-state index is 10.9. The number of nitrogens with zero attached hydrogens (tertiary/aromatic N) is 3. The number of carbonyl (C=O) groups excluding carboxylic acids is 1. The van der Waals surface area contributed by atoms with E-state index in [2.05, 4.69) is 5.16 Å². The zero-order chi connectivity index (χ0) is 14.1. The normalized spacial score (nSPS) is 15.6. The van der Waals surface area contributed by atoms with Crippen LogP contribution in [0.2, 0.25) is 0 Å². The first-order chi connectivity index (χ1) is 9.69. The van der Waals surface area contributed by atoms with Gasteiger partial charge in [-0.15, -0.1) is 0 Å². The second kappa shape index (κ2) is 4.84. The Morgan fingerprint density at radius 3 is 2.70 bits per heavy atom. The number of rotatable bonds is 2. The van der Waals surface area contributed by atoms with Crippen molar-refractivity contribution in [3.63, 3.8) is 0 Å². The second-order valence-corrected chi connectivity index (χ2v) is 4.64. The van der Waals surface area contributed by atoms with E-state index in [1.807, 2.05) is 4.90 Å². The molecule has 0 unspecified atom stereocenters. The molecular weight excluding hydrogens is 262 g/mol. The van der Waals surface area contributed by atoms with E-state index in [4.69, 9.17) is 9.63 Å². The highest BCUT2D eigenvalue weighted by molar-refractivity contribution is 5.93. The standard InChI is InChI=1S/C13H13N3O4/c17-8-9-1-2-11-10(7-9)12(14-20-11)15-3-5-16(6-4-15)13(18)19/h1-2,7-8H,3-6H2,(H,18,19). The first kappa shape index (κ1) is 12.5. The van der Waals surface area contributed by atoms with Gasteiger partial charge in [0.15, 0.2) is 11.4 Å². The van der Waals surface area contributed by atoms with Crippen LogP contribution in [0, 0.1) is 0 Å². The molecule has 2 heterocycles. The number of fused-ring (bicyclic) bond motifs is 1. The molecule has 1 N–H and O–H groups in total. The molecule has 0 atom stereocenters. The Labute approximate surface area is 114 Å². The fraction of sp³-hybridized carbons (Fsp3) is 0.308. The molecule has 1 aromatic carbocycles. The third-order valence-electron chi connectivity index (χ3n) is 3.46. The molecule has 7 nitrogen and oxygen atoms in total. The van der Waals surface area contributed by atoms with Gasteiger partial charge in [0.25, 0.3) is 0 Å². The molecule has 0 saturated carbocycles. The van der Waals surface area contributed by atoms with Crippen molar-refractivity contribution in [2.24, 2.45) is 0 Å². The van der Waals surface area contributed by atoms with Crippen LogP contribution in [-0.4, -0.2) is 53.7 Å². The van der Waals surface area contributed by atoms with Gasteiger partial charge >= 0.3 is 6.09 Å². The summed E-state index contributed by atoms with van der Waals surface area (Å²) in [6.07, 6.45) is -0.128. The first-order valence-corrected chi connectivity index (χ1v) is 6.26.